The molecule has 4 aromatic carbocycles. The van der Waals surface area contributed by atoms with Gasteiger partial charge in [-0.15, -0.1) is 23.2 Å². The monoisotopic (exact) mass is 1570 g/mol. The molecule has 1 radical (unpaired) electrons. The molecule has 2 aliphatic carbocycles. The predicted octanol–water partition coefficient (Wildman–Crippen LogP) is 12.3. The fraction of sp³-hybridized carbons (Fsp3) is 0.224. The maximum atomic E-state index is 13.4. The van der Waals surface area contributed by atoms with E-state index in [0.717, 1.165) is 152 Å². The van der Waals surface area contributed by atoms with E-state index in [2.05, 4.69) is 163 Å². The van der Waals surface area contributed by atoms with Crippen LogP contribution in [-0.2, 0) is 16.8 Å². The molecule has 0 bridgehead atoms. The fourth-order valence-corrected chi connectivity index (χ4v) is 10.4. The second kappa shape index (κ2) is 41.4. The van der Waals surface area contributed by atoms with Crippen molar-refractivity contribution in [2.24, 2.45) is 20.4 Å². The van der Waals surface area contributed by atoms with E-state index < -0.39 is 26.3 Å². The molecule has 16 nitrogen and oxygen atoms in total. The minimum atomic E-state index is -6.00. The van der Waals surface area contributed by atoms with Gasteiger partial charge in [0.1, 0.15) is 45.0 Å². The van der Waals surface area contributed by atoms with Gasteiger partial charge < -0.3 is 74.4 Å². The number of nitrogens with zero attached hydrogens (tertiary/aromatic N) is 6. The minimum absolute atomic E-state index is 0. The molecule has 6 N–H and O–H groups in total. The van der Waals surface area contributed by atoms with Gasteiger partial charge >= 0.3 is 31.3 Å². The third kappa shape index (κ3) is 25.4. The van der Waals surface area contributed by atoms with Crippen LogP contribution in [0.3, 0.4) is 0 Å². The molecular weight excluding hydrogens is 1500 g/mol. The summed E-state index contributed by atoms with van der Waals surface area (Å²) >= 11 is 16.2. The molecule has 0 amide bonds. The summed E-state index contributed by atoms with van der Waals surface area (Å²) in [4.78, 5) is 15.5. The Morgan fingerprint density at radius 2 is 0.857 bits per heavy atom. The molecule has 0 spiro atoms. The first-order valence-electron chi connectivity index (χ1n) is 29.6. The van der Waals surface area contributed by atoms with Crippen LogP contribution in [0, 0.1) is 27.7 Å². The van der Waals surface area contributed by atoms with Crippen LogP contribution >= 0.6 is 55.1 Å². The smallest absolute Gasteiger partial charge is 0.857 e. The van der Waals surface area contributed by atoms with Crippen molar-refractivity contribution in [3.05, 3.63) is 198 Å². The standard InChI is InChI=1S/2C32H30BrN5O2.CH2Cl2.2CH4O.2BF4.Co/c2*1-5-34-26-16-28-24(14-19(26)3)31(25-15-20(4)27(35-6-2)17-29(25)40-28)22-11-7-8-12-23(22)32(39)38-36-18-21-10-9-13-30(33)37-21;2-1-3;2*1-2;2*2-1(3,4)5;/h2*7-18,34H,5-6H2,1-4H3,(H,38,39);1H2;2*2H,1H3;;;/q;;;;;2*-1;+2/b2*35-27?,36-18+;;;;;;. The number of rotatable bonds is 14. The zero-order chi connectivity index (χ0) is 72.2. The topological polar surface area (TPSA) is 240 Å². The minimum Gasteiger partial charge on any atom is -0.857 e. The zero-order valence-electron chi connectivity index (χ0n) is 54.6. The largest absolute Gasteiger partial charge is 2.00 e. The first kappa shape index (κ1) is 84.2. The number of aliphatic hydroxyl groups is 2. The van der Waals surface area contributed by atoms with Crippen LogP contribution in [0.5, 0.6) is 0 Å². The predicted molar refractivity (Wildman–Crippen MR) is 378 cm³/mol. The number of halogens is 12. The van der Waals surface area contributed by atoms with E-state index >= 15 is 0 Å². The summed E-state index contributed by atoms with van der Waals surface area (Å²) in [7, 11) is -10.0. The summed E-state index contributed by atoms with van der Waals surface area (Å²) in [5, 5.41) is 67.9. The molecule has 98 heavy (non-hydrogen) atoms. The average molecular weight is 1570 g/mol. The van der Waals surface area contributed by atoms with E-state index in [1.165, 1.54) is 12.4 Å². The van der Waals surface area contributed by atoms with Crippen LogP contribution in [0.2, 0.25) is 0 Å². The van der Waals surface area contributed by atoms with E-state index in [1.54, 1.807) is 24.3 Å². The Hall–Kier alpha value is -8.02. The molecule has 0 unspecified atom stereocenters. The number of anilines is 2. The Morgan fingerprint density at radius 1 is 0.520 bits per heavy atom. The Kier molecular flexibility index (Phi) is 35.6. The molecule has 31 heteroatoms. The van der Waals surface area contributed by atoms with Crippen molar-refractivity contribution in [3.63, 3.8) is 0 Å². The van der Waals surface area contributed by atoms with Crippen LogP contribution < -0.4 is 41.5 Å². The van der Waals surface area contributed by atoms with Gasteiger partial charge in [0.15, 0.2) is 0 Å². The Morgan fingerprint density at radius 3 is 1.17 bits per heavy atom. The number of alkyl halides is 2. The van der Waals surface area contributed by atoms with Crippen molar-refractivity contribution < 1.29 is 90.5 Å². The number of benzene rings is 6. The second-order valence-corrected chi connectivity index (χ2v) is 22.4. The van der Waals surface area contributed by atoms with E-state index in [4.69, 9.17) is 42.2 Å². The van der Waals surface area contributed by atoms with Crippen LogP contribution in [0.4, 0.5) is 45.9 Å². The summed E-state index contributed by atoms with van der Waals surface area (Å²) in [5.74, 6) is 0.582. The normalized spacial score (nSPS) is 11.8. The Labute approximate surface area is 598 Å². The fourth-order valence-electron chi connectivity index (χ4n) is 9.66. The molecule has 2 aliphatic heterocycles. The van der Waals surface area contributed by atoms with Crippen LogP contribution in [0.1, 0.15) is 72.5 Å². The number of hydrogen-bond acceptors (Lipinski definition) is 14. The van der Waals surface area contributed by atoms with E-state index in [-0.39, 0.29) is 22.1 Å². The van der Waals surface area contributed by atoms with Gasteiger partial charge in [-0.1, -0.05) is 60.7 Å². The quantitative estimate of drug-likeness (QED) is 0.00879. The molecule has 4 heterocycles. The molecule has 0 fully saturated rings. The number of aryl methyl sites for hydroxylation is 4. The number of aliphatic hydroxyl groups excluding tert-OH is 2. The average Bonchev–Trinajstić information content (AvgIpc) is 0.749. The van der Waals surface area contributed by atoms with Gasteiger partial charge in [0.25, 0.3) is 0 Å². The Bertz CT molecular complexity index is 4170. The van der Waals surface area contributed by atoms with Gasteiger partial charge in [0, 0.05) is 107 Å². The van der Waals surface area contributed by atoms with E-state index in [9.17, 15) is 44.7 Å². The van der Waals surface area contributed by atoms with Gasteiger partial charge in [0.2, 0.25) is 10.7 Å². The van der Waals surface area contributed by atoms with Crippen molar-refractivity contribution in [1.29, 1.82) is 0 Å². The number of aromatic nitrogens is 2. The molecule has 10 rings (SSSR count). The van der Waals surface area contributed by atoms with Crippen molar-refractivity contribution in [2.45, 2.75) is 55.4 Å². The summed E-state index contributed by atoms with van der Waals surface area (Å²) in [5.41, 5.74) is 15.2. The third-order valence-electron chi connectivity index (χ3n) is 13.3. The van der Waals surface area contributed by atoms with Gasteiger partial charge in [-0.2, -0.15) is 20.4 Å². The number of pyridine rings is 2. The first-order valence-corrected chi connectivity index (χ1v) is 32.3. The molecule has 2 aromatic heterocycles. The summed E-state index contributed by atoms with van der Waals surface area (Å²) in [6, 6.07) is 42.6. The molecule has 0 saturated heterocycles. The van der Waals surface area contributed by atoms with Crippen LogP contribution in [0.25, 0.3) is 66.8 Å². The summed E-state index contributed by atoms with van der Waals surface area (Å²) in [6.07, 6.45) is 2.93. The second-order valence-electron chi connectivity index (χ2n) is 20.0. The molecular formula is C67H70B2Br2Cl2CoF8N10O6. The molecule has 523 valence electrons. The number of fused-ring (bicyclic) bond motifs is 4. The maximum absolute atomic E-state index is 13.4. The van der Waals surface area contributed by atoms with Crippen LogP contribution in [0.15, 0.2) is 172 Å². The van der Waals surface area contributed by atoms with Crippen LogP contribution in [-0.4, -0.2) is 105 Å². The molecule has 0 saturated carbocycles. The maximum Gasteiger partial charge on any atom is 2.00 e. The van der Waals surface area contributed by atoms with Gasteiger partial charge in [-0.05, 0) is 169 Å². The Balaban J connectivity index is 0.000000411. The summed E-state index contributed by atoms with van der Waals surface area (Å²) < 4.78 is 92.4. The molecule has 0 atom stereocenters. The first-order chi connectivity index (χ1) is 46.2. The number of hydrogen-bond donors (Lipinski definition) is 6. The van der Waals surface area contributed by atoms with E-state index in [1.807, 2.05) is 84.9 Å². The van der Waals surface area contributed by atoms with E-state index in [0.29, 0.717) is 31.7 Å². The van der Waals surface area contributed by atoms with Gasteiger partial charge in [-0.3, -0.25) is 0 Å². The zero-order valence-corrected chi connectivity index (χ0v) is 60.4. The summed E-state index contributed by atoms with van der Waals surface area (Å²) in [6.45, 7) is 19.7. The van der Waals surface area contributed by atoms with Crippen molar-refractivity contribution >= 4 is 127 Å². The molecule has 4 aliphatic rings. The SMILES string of the molecule is CCNc1cc2oc3cc(=[NH+]CC)c(C)cc-3c(-c3ccccc3/C([O-])=N/N=C/c3cccc(Br)n3)c2cc1C.CCNc1cc2oc3cc(=[NH+]CC)c(C)cc-3c(-c3ccccc3/C([O-])=N/N=C/c3cccc(Br)n3)c2cc1C.CO.CO.ClCCl.F[B-](F)(F)F.F[B-](F)(F)F.[Co+2]. The van der Waals surface area contributed by atoms with Crippen molar-refractivity contribution in [1.82, 2.24) is 9.97 Å². The third-order valence-corrected chi connectivity index (χ3v) is 14.2. The van der Waals surface area contributed by atoms with Crippen molar-refractivity contribution in [2.75, 3.05) is 56.4 Å². The van der Waals surface area contributed by atoms with Gasteiger partial charge in [-0.25, -0.2) is 20.0 Å². The molecule has 6 aromatic rings. The van der Waals surface area contributed by atoms with Gasteiger partial charge in [0.05, 0.1) is 41.3 Å². The van der Waals surface area contributed by atoms with Crippen molar-refractivity contribution in [3.8, 4) is 44.9 Å². The number of nitrogens with one attached hydrogen (secondary N) is 4.